The normalized spacial score (nSPS) is 10.4. The molecule has 5 heteroatoms. The first kappa shape index (κ1) is 14.5. The highest BCUT2D eigenvalue weighted by atomic mass is 79.9. The van der Waals surface area contributed by atoms with Crippen LogP contribution in [-0.2, 0) is 0 Å². The average molecular weight is 338 g/mol. The molecule has 0 radical (unpaired) electrons. The molecule has 0 saturated heterocycles. The molecule has 0 atom stereocenters. The highest BCUT2D eigenvalue weighted by molar-refractivity contribution is 9.10. The van der Waals surface area contributed by atoms with Gasteiger partial charge in [-0.05, 0) is 65.2 Å². The number of aromatic hydroxyl groups is 1. The van der Waals surface area contributed by atoms with Crippen LogP contribution in [-0.4, -0.2) is 11.0 Å². The topological polar surface area (TPSA) is 49.3 Å². The number of hydrogen-bond acceptors (Lipinski definition) is 2. The standard InChI is InChI=1S/C15H13BrFNO2/c1-8-5-9(2)14(12(16)6-8)18-15(20)11-7-10(17)3-4-13(11)19/h3-7,19H,1-2H3,(H,18,20). The van der Waals surface area contributed by atoms with E-state index in [4.69, 9.17) is 0 Å². The van der Waals surface area contributed by atoms with Crippen LogP contribution in [0.5, 0.6) is 5.75 Å². The van der Waals surface area contributed by atoms with E-state index in [-0.39, 0.29) is 11.3 Å². The first-order valence-electron chi connectivity index (χ1n) is 5.95. The third-order valence-corrected chi connectivity index (χ3v) is 3.50. The Labute approximate surface area is 124 Å². The van der Waals surface area contributed by atoms with Crippen LogP contribution in [0.2, 0.25) is 0 Å². The van der Waals surface area contributed by atoms with Gasteiger partial charge in [0.1, 0.15) is 11.6 Å². The van der Waals surface area contributed by atoms with E-state index >= 15 is 0 Å². The highest BCUT2D eigenvalue weighted by Gasteiger charge is 2.15. The van der Waals surface area contributed by atoms with Crippen LogP contribution in [0.15, 0.2) is 34.8 Å². The summed E-state index contributed by atoms with van der Waals surface area (Å²) in [6.07, 6.45) is 0. The third-order valence-electron chi connectivity index (χ3n) is 2.87. The predicted molar refractivity (Wildman–Crippen MR) is 79.6 cm³/mol. The molecule has 2 aromatic carbocycles. The van der Waals surface area contributed by atoms with Gasteiger partial charge in [0.05, 0.1) is 11.3 Å². The minimum absolute atomic E-state index is 0.100. The van der Waals surface area contributed by atoms with Crippen molar-refractivity contribution in [2.75, 3.05) is 5.32 Å². The number of aryl methyl sites for hydroxylation is 2. The molecule has 1 amide bonds. The average Bonchev–Trinajstić information content (AvgIpc) is 2.36. The number of anilines is 1. The quantitative estimate of drug-likeness (QED) is 0.864. The second kappa shape index (κ2) is 5.63. The van der Waals surface area contributed by atoms with Crippen LogP contribution in [0.1, 0.15) is 21.5 Å². The number of amides is 1. The molecule has 0 saturated carbocycles. The molecule has 0 fully saturated rings. The second-order valence-electron chi connectivity index (χ2n) is 4.55. The maximum atomic E-state index is 13.2. The van der Waals surface area contributed by atoms with E-state index in [1.54, 1.807) is 0 Å². The van der Waals surface area contributed by atoms with Crippen LogP contribution < -0.4 is 5.32 Å². The van der Waals surface area contributed by atoms with Crippen molar-refractivity contribution < 1.29 is 14.3 Å². The Morgan fingerprint density at radius 3 is 2.60 bits per heavy atom. The summed E-state index contributed by atoms with van der Waals surface area (Å²) in [4.78, 5) is 12.1. The molecular weight excluding hydrogens is 325 g/mol. The molecule has 20 heavy (non-hydrogen) atoms. The van der Waals surface area contributed by atoms with Gasteiger partial charge < -0.3 is 10.4 Å². The summed E-state index contributed by atoms with van der Waals surface area (Å²) in [5, 5.41) is 12.3. The molecule has 0 bridgehead atoms. The zero-order valence-corrected chi connectivity index (χ0v) is 12.6. The molecular formula is C15H13BrFNO2. The number of carbonyl (C=O) groups excluding carboxylic acids is 1. The van der Waals surface area contributed by atoms with E-state index in [0.29, 0.717) is 5.69 Å². The van der Waals surface area contributed by atoms with Crippen molar-refractivity contribution in [2.45, 2.75) is 13.8 Å². The minimum atomic E-state index is -0.576. The van der Waals surface area contributed by atoms with Gasteiger partial charge in [-0.15, -0.1) is 0 Å². The van der Waals surface area contributed by atoms with Gasteiger partial charge in [-0.1, -0.05) is 6.07 Å². The largest absolute Gasteiger partial charge is 0.507 e. The van der Waals surface area contributed by atoms with Crippen LogP contribution in [0.25, 0.3) is 0 Å². The maximum Gasteiger partial charge on any atom is 0.259 e. The van der Waals surface area contributed by atoms with Crippen molar-refractivity contribution in [3.8, 4) is 5.75 Å². The minimum Gasteiger partial charge on any atom is -0.507 e. The third kappa shape index (κ3) is 2.99. The molecule has 104 valence electrons. The van der Waals surface area contributed by atoms with Gasteiger partial charge in [0, 0.05) is 4.47 Å². The van der Waals surface area contributed by atoms with Crippen LogP contribution in [0.3, 0.4) is 0 Å². The molecule has 2 rings (SSSR count). The fourth-order valence-electron chi connectivity index (χ4n) is 1.95. The van der Waals surface area contributed by atoms with Gasteiger partial charge in [-0.25, -0.2) is 4.39 Å². The van der Waals surface area contributed by atoms with Gasteiger partial charge in [0.2, 0.25) is 0 Å². The number of phenols is 1. The molecule has 0 unspecified atom stereocenters. The van der Waals surface area contributed by atoms with Gasteiger partial charge in [-0.2, -0.15) is 0 Å². The number of hydrogen-bond donors (Lipinski definition) is 2. The van der Waals surface area contributed by atoms with E-state index in [2.05, 4.69) is 21.2 Å². The lowest BCUT2D eigenvalue weighted by atomic mass is 10.1. The zero-order valence-electron chi connectivity index (χ0n) is 11.0. The molecule has 0 aliphatic rings. The van der Waals surface area contributed by atoms with Crippen LogP contribution in [0, 0.1) is 19.7 Å². The zero-order chi connectivity index (χ0) is 14.9. The van der Waals surface area contributed by atoms with Crippen molar-refractivity contribution in [1.29, 1.82) is 0 Å². The Morgan fingerprint density at radius 1 is 1.25 bits per heavy atom. The monoisotopic (exact) mass is 337 g/mol. The summed E-state index contributed by atoms with van der Waals surface area (Å²) in [5.74, 6) is -1.40. The first-order valence-corrected chi connectivity index (χ1v) is 6.74. The Kier molecular flexibility index (Phi) is 4.09. The van der Waals surface area contributed by atoms with E-state index in [1.165, 1.54) is 0 Å². The van der Waals surface area contributed by atoms with Gasteiger partial charge in [0.15, 0.2) is 0 Å². The Bertz CT molecular complexity index is 663. The molecule has 0 aromatic heterocycles. The first-order chi connectivity index (χ1) is 9.38. The summed E-state index contributed by atoms with van der Waals surface area (Å²) >= 11 is 3.38. The molecule has 0 heterocycles. The van der Waals surface area contributed by atoms with Gasteiger partial charge in [0.25, 0.3) is 5.91 Å². The van der Waals surface area contributed by atoms with E-state index < -0.39 is 11.7 Å². The van der Waals surface area contributed by atoms with Crippen molar-refractivity contribution in [3.63, 3.8) is 0 Å². The summed E-state index contributed by atoms with van der Waals surface area (Å²) in [6, 6.07) is 7.04. The van der Waals surface area contributed by atoms with Gasteiger partial charge >= 0.3 is 0 Å². The molecule has 3 nitrogen and oxygen atoms in total. The van der Waals surface area contributed by atoms with Crippen molar-refractivity contribution in [3.05, 3.63) is 57.3 Å². The van der Waals surface area contributed by atoms with Gasteiger partial charge in [-0.3, -0.25) is 4.79 Å². The number of benzene rings is 2. The van der Waals surface area contributed by atoms with Crippen molar-refractivity contribution in [2.24, 2.45) is 0 Å². The Hall–Kier alpha value is -1.88. The number of nitrogens with one attached hydrogen (secondary N) is 1. The molecule has 0 aliphatic heterocycles. The summed E-state index contributed by atoms with van der Waals surface area (Å²) in [5.41, 5.74) is 2.43. The molecule has 2 N–H and O–H groups in total. The molecule has 0 spiro atoms. The molecule has 0 aliphatic carbocycles. The lowest BCUT2D eigenvalue weighted by Gasteiger charge is -2.12. The van der Waals surface area contributed by atoms with E-state index in [9.17, 15) is 14.3 Å². The second-order valence-corrected chi connectivity index (χ2v) is 5.41. The lowest BCUT2D eigenvalue weighted by Crippen LogP contribution is -2.14. The smallest absolute Gasteiger partial charge is 0.259 e. The van der Waals surface area contributed by atoms with Crippen molar-refractivity contribution >= 4 is 27.5 Å². The number of phenolic OH excluding ortho intramolecular Hbond substituents is 1. The summed E-state index contributed by atoms with van der Waals surface area (Å²) < 4.78 is 13.9. The van der Waals surface area contributed by atoms with Crippen molar-refractivity contribution in [1.82, 2.24) is 0 Å². The summed E-state index contributed by atoms with van der Waals surface area (Å²) in [7, 11) is 0. The SMILES string of the molecule is Cc1cc(C)c(NC(=O)c2cc(F)ccc2O)c(Br)c1. The number of carbonyl (C=O) groups is 1. The fourth-order valence-corrected chi connectivity index (χ4v) is 2.72. The highest BCUT2D eigenvalue weighted by Crippen LogP contribution is 2.29. The molecule has 2 aromatic rings. The van der Waals surface area contributed by atoms with Crippen LogP contribution >= 0.6 is 15.9 Å². The number of halogens is 2. The summed E-state index contributed by atoms with van der Waals surface area (Å²) in [6.45, 7) is 3.81. The Morgan fingerprint density at radius 2 is 1.95 bits per heavy atom. The predicted octanol–water partition coefficient (Wildman–Crippen LogP) is 4.16. The Balaban J connectivity index is 2.35. The number of rotatable bonds is 2. The lowest BCUT2D eigenvalue weighted by molar-refractivity contribution is 0.102. The van der Waals surface area contributed by atoms with E-state index in [0.717, 1.165) is 33.8 Å². The van der Waals surface area contributed by atoms with Crippen LogP contribution in [0.4, 0.5) is 10.1 Å². The van der Waals surface area contributed by atoms with E-state index in [1.807, 2.05) is 26.0 Å². The maximum absolute atomic E-state index is 13.2. The fraction of sp³-hybridized carbons (Fsp3) is 0.133.